The fourth-order valence-corrected chi connectivity index (χ4v) is 1.99. The molecule has 90 valence electrons. The molecule has 2 aliphatic heterocycles. The molecule has 0 unspecified atom stereocenters. The number of nitrogens with one attached hydrogen (secondary N) is 1. The summed E-state index contributed by atoms with van der Waals surface area (Å²) in [5, 5.41) is 10.9. The van der Waals surface area contributed by atoms with Crippen molar-refractivity contribution in [3.05, 3.63) is 0 Å². The van der Waals surface area contributed by atoms with Crippen LogP contribution < -0.4 is 5.32 Å². The summed E-state index contributed by atoms with van der Waals surface area (Å²) in [7, 11) is 2.12. The number of carbonyl (C=O) groups is 1. The van der Waals surface area contributed by atoms with Crippen LogP contribution in [0.1, 0.15) is 32.6 Å². The van der Waals surface area contributed by atoms with E-state index in [1.54, 1.807) is 0 Å². The minimum Gasteiger partial charge on any atom is -0.353 e. The van der Waals surface area contributed by atoms with Crippen molar-refractivity contribution in [3.8, 4) is 0 Å². The highest BCUT2D eigenvalue weighted by molar-refractivity contribution is 5.76. The third-order valence-electron chi connectivity index (χ3n) is 3.35. The summed E-state index contributed by atoms with van der Waals surface area (Å²) in [5.74, 6) is 0.146. The van der Waals surface area contributed by atoms with E-state index >= 15 is 0 Å². The molecule has 1 amide bonds. The average Bonchev–Trinajstić information content (AvgIpc) is 2.98. The third kappa shape index (κ3) is 3.27. The molecule has 2 aliphatic rings. The highest BCUT2D eigenvalue weighted by Gasteiger charge is 2.34. The van der Waals surface area contributed by atoms with Gasteiger partial charge >= 0.3 is 0 Å². The van der Waals surface area contributed by atoms with E-state index in [0.29, 0.717) is 12.5 Å². The molecule has 0 atom stereocenters. The SMILES string of the molecule is CN1CCC(NC(=O)CCC2(C)N=N2)CC1. The smallest absolute Gasteiger partial charge is 0.220 e. The molecule has 2 heterocycles. The van der Waals surface area contributed by atoms with E-state index in [9.17, 15) is 4.79 Å². The Hall–Kier alpha value is -0.970. The highest BCUT2D eigenvalue weighted by atomic mass is 16.1. The molecule has 1 fully saturated rings. The molecule has 0 bridgehead atoms. The first-order chi connectivity index (χ1) is 7.57. The second-order valence-corrected chi connectivity index (χ2v) is 5.06. The minimum atomic E-state index is -0.246. The minimum absolute atomic E-state index is 0.146. The Bertz CT molecular complexity index is 288. The van der Waals surface area contributed by atoms with Crippen LogP contribution in [0.15, 0.2) is 10.2 Å². The normalized spacial score (nSPS) is 24.4. The average molecular weight is 224 g/mol. The van der Waals surface area contributed by atoms with Gasteiger partial charge in [-0.2, -0.15) is 10.2 Å². The van der Waals surface area contributed by atoms with Crippen molar-refractivity contribution in [2.45, 2.75) is 44.3 Å². The van der Waals surface area contributed by atoms with Gasteiger partial charge in [-0.15, -0.1) is 0 Å². The van der Waals surface area contributed by atoms with E-state index in [-0.39, 0.29) is 11.6 Å². The zero-order valence-electron chi connectivity index (χ0n) is 10.1. The largest absolute Gasteiger partial charge is 0.353 e. The van der Waals surface area contributed by atoms with Crippen molar-refractivity contribution in [1.82, 2.24) is 10.2 Å². The van der Waals surface area contributed by atoms with Gasteiger partial charge in [-0.3, -0.25) is 4.79 Å². The Morgan fingerprint density at radius 1 is 1.44 bits per heavy atom. The Morgan fingerprint density at radius 3 is 2.62 bits per heavy atom. The number of likely N-dealkylation sites (tertiary alicyclic amines) is 1. The first-order valence-corrected chi connectivity index (χ1v) is 5.99. The number of hydrogen-bond acceptors (Lipinski definition) is 4. The van der Waals surface area contributed by atoms with Gasteiger partial charge in [0.15, 0.2) is 5.66 Å². The van der Waals surface area contributed by atoms with Crippen LogP contribution in [0.5, 0.6) is 0 Å². The molecule has 16 heavy (non-hydrogen) atoms. The molecule has 1 N–H and O–H groups in total. The summed E-state index contributed by atoms with van der Waals surface area (Å²) < 4.78 is 0. The maximum Gasteiger partial charge on any atom is 0.220 e. The summed E-state index contributed by atoms with van der Waals surface area (Å²) in [6.45, 7) is 4.11. The third-order valence-corrected chi connectivity index (χ3v) is 3.35. The lowest BCUT2D eigenvalue weighted by Crippen LogP contribution is -2.43. The molecule has 5 heteroatoms. The first kappa shape index (κ1) is 11.5. The molecule has 0 aliphatic carbocycles. The van der Waals surface area contributed by atoms with Crippen molar-refractivity contribution in [2.75, 3.05) is 20.1 Å². The second-order valence-electron chi connectivity index (χ2n) is 5.06. The Balaban J connectivity index is 1.63. The van der Waals surface area contributed by atoms with E-state index in [4.69, 9.17) is 0 Å². The molecule has 0 saturated carbocycles. The van der Waals surface area contributed by atoms with Crippen molar-refractivity contribution >= 4 is 5.91 Å². The lowest BCUT2D eigenvalue weighted by molar-refractivity contribution is -0.122. The van der Waals surface area contributed by atoms with Crippen molar-refractivity contribution in [1.29, 1.82) is 0 Å². The van der Waals surface area contributed by atoms with Crippen LogP contribution >= 0.6 is 0 Å². The predicted octanol–water partition coefficient (Wildman–Crippen LogP) is 1.16. The predicted molar refractivity (Wildman–Crippen MR) is 61.2 cm³/mol. The van der Waals surface area contributed by atoms with Crippen molar-refractivity contribution < 1.29 is 4.79 Å². The van der Waals surface area contributed by atoms with Gasteiger partial charge in [0.05, 0.1) is 0 Å². The number of hydrogen-bond donors (Lipinski definition) is 1. The van der Waals surface area contributed by atoms with E-state index in [1.165, 1.54) is 0 Å². The molecule has 0 radical (unpaired) electrons. The number of carbonyl (C=O) groups excluding carboxylic acids is 1. The quantitative estimate of drug-likeness (QED) is 0.779. The van der Waals surface area contributed by atoms with Gasteiger partial charge in [0.25, 0.3) is 0 Å². The van der Waals surface area contributed by atoms with Crippen LogP contribution in [0.3, 0.4) is 0 Å². The van der Waals surface area contributed by atoms with Crippen molar-refractivity contribution in [3.63, 3.8) is 0 Å². The summed E-state index contributed by atoms with van der Waals surface area (Å²) in [5.41, 5.74) is -0.246. The Kier molecular flexibility index (Phi) is 3.23. The highest BCUT2D eigenvalue weighted by Crippen LogP contribution is 2.31. The molecular formula is C11H20N4O. The summed E-state index contributed by atoms with van der Waals surface area (Å²) in [6.07, 6.45) is 3.41. The van der Waals surface area contributed by atoms with Crippen LogP contribution in [0.2, 0.25) is 0 Å². The second kappa shape index (κ2) is 4.49. The lowest BCUT2D eigenvalue weighted by atomic mass is 10.0. The van der Waals surface area contributed by atoms with E-state index in [1.807, 2.05) is 6.92 Å². The Morgan fingerprint density at radius 2 is 2.06 bits per heavy atom. The molecule has 0 aromatic carbocycles. The van der Waals surface area contributed by atoms with Crippen LogP contribution in [0, 0.1) is 0 Å². The summed E-state index contributed by atoms with van der Waals surface area (Å²) in [6, 6.07) is 0.365. The fraction of sp³-hybridized carbons (Fsp3) is 0.909. The monoisotopic (exact) mass is 224 g/mol. The van der Waals surface area contributed by atoms with Gasteiger partial charge < -0.3 is 10.2 Å². The molecule has 0 aromatic rings. The molecular weight excluding hydrogens is 204 g/mol. The number of piperidine rings is 1. The van der Waals surface area contributed by atoms with E-state index in [2.05, 4.69) is 27.5 Å². The molecule has 1 saturated heterocycles. The summed E-state index contributed by atoms with van der Waals surface area (Å²) >= 11 is 0. The first-order valence-electron chi connectivity index (χ1n) is 5.99. The maximum atomic E-state index is 11.7. The van der Waals surface area contributed by atoms with Crippen LogP contribution in [0.4, 0.5) is 0 Å². The van der Waals surface area contributed by atoms with Crippen LogP contribution in [-0.4, -0.2) is 42.6 Å². The zero-order valence-corrected chi connectivity index (χ0v) is 10.1. The zero-order chi connectivity index (χ0) is 11.6. The van der Waals surface area contributed by atoms with Gasteiger partial charge in [0.2, 0.25) is 5.91 Å². The van der Waals surface area contributed by atoms with Gasteiger partial charge in [-0.25, -0.2) is 0 Å². The number of nitrogens with zero attached hydrogens (tertiary/aromatic N) is 3. The molecule has 2 rings (SSSR count). The Labute approximate surface area is 96.3 Å². The standard InChI is InChI=1S/C11H20N4O/c1-11(13-14-11)6-3-10(16)12-9-4-7-15(2)8-5-9/h9H,3-8H2,1-2H3,(H,12,16). The number of amides is 1. The van der Waals surface area contributed by atoms with Crippen LogP contribution in [-0.2, 0) is 4.79 Å². The van der Waals surface area contributed by atoms with Gasteiger partial charge in [0, 0.05) is 18.9 Å². The molecule has 0 spiro atoms. The van der Waals surface area contributed by atoms with E-state index in [0.717, 1.165) is 32.4 Å². The van der Waals surface area contributed by atoms with Gasteiger partial charge in [-0.1, -0.05) is 0 Å². The number of rotatable bonds is 4. The lowest BCUT2D eigenvalue weighted by Gasteiger charge is -2.29. The molecule has 5 nitrogen and oxygen atoms in total. The maximum absolute atomic E-state index is 11.7. The molecule has 0 aromatic heterocycles. The van der Waals surface area contributed by atoms with E-state index < -0.39 is 0 Å². The fourth-order valence-electron chi connectivity index (χ4n) is 1.99. The van der Waals surface area contributed by atoms with Crippen LogP contribution in [0.25, 0.3) is 0 Å². The van der Waals surface area contributed by atoms with Gasteiger partial charge in [0.1, 0.15) is 0 Å². The van der Waals surface area contributed by atoms with Gasteiger partial charge in [-0.05, 0) is 39.9 Å². The summed E-state index contributed by atoms with van der Waals surface area (Å²) in [4.78, 5) is 14.0. The topological polar surface area (TPSA) is 57.1 Å². The van der Waals surface area contributed by atoms with Crippen molar-refractivity contribution in [2.24, 2.45) is 10.2 Å².